The third-order valence-corrected chi connectivity index (χ3v) is 7.93. The quantitative estimate of drug-likeness (QED) is 0.346. The van der Waals surface area contributed by atoms with Crippen LogP contribution in [0.3, 0.4) is 0 Å². The molecule has 2 aromatic heterocycles. The fourth-order valence-corrected chi connectivity index (χ4v) is 5.56. The van der Waals surface area contributed by atoms with Gasteiger partial charge in [-0.3, -0.25) is 19.4 Å². The molecule has 0 aromatic carbocycles. The minimum atomic E-state index is -0.807. The first kappa shape index (κ1) is 38.4. The predicted molar refractivity (Wildman–Crippen MR) is 175 cm³/mol. The number of carboxylic acids is 1. The average Bonchev–Trinajstić information content (AvgIpc) is 2.94. The number of nitrogen functional groups attached to an aromatic ring is 2. The molecule has 0 saturated carbocycles. The lowest BCUT2D eigenvalue weighted by molar-refractivity contribution is -0.143. The molecule has 2 saturated heterocycles. The second-order valence-corrected chi connectivity index (χ2v) is 11.0. The Morgan fingerprint density at radius 1 is 0.837 bits per heavy atom. The number of piperazine rings is 2. The molecule has 6 N–H and O–H groups in total. The molecule has 4 atom stereocenters. The molecule has 4 unspecified atom stereocenters. The molecular weight excluding hydrogens is 644 g/mol. The predicted octanol–water partition coefficient (Wildman–Crippen LogP) is 1.90. The van der Waals surface area contributed by atoms with Crippen LogP contribution >= 0.6 is 48.0 Å². The second-order valence-electron chi connectivity index (χ2n) is 10.2. The number of halogens is 4. The molecule has 0 aliphatic carbocycles. The van der Waals surface area contributed by atoms with Crippen LogP contribution in [0.1, 0.15) is 27.7 Å². The van der Waals surface area contributed by atoms with Gasteiger partial charge in [-0.05, 0) is 27.7 Å². The first-order valence-corrected chi connectivity index (χ1v) is 14.1. The number of aliphatic carboxylic acids is 1. The Bertz CT molecular complexity index is 1230. The first-order valence-electron chi connectivity index (χ1n) is 13.4. The van der Waals surface area contributed by atoms with Crippen LogP contribution in [0, 0.1) is 0 Å². The van der Waals surface area contributed by atoms with Crippen molar-refractivity contribution in [1.29, 1.82) is 0 Å². The number of carbonyl (C=O) groups excluding carboxylic acids is 1. The van der Waals surface area contributed by atoms with Crippen molar-refractivity contribution in [3.63, 3.8) is 0 Å². The summed E-state index contributed by atoms with van der Waals surface area (Å²) in [5, 5.41) is 27.5. The fraction of sp³-hybridized carbons (Fsp3) is 0.600. The summed E-state index contributed by atoms with van der Waals surface area (Å²) in [6.45, 7) is 12.0. The van der Waals surface area contributed by atoms with Crippen LogP contribution in [-0.4, -0.2) is 118 Å². The van der Waals surface area contributed by atoms with E-state index in [0.29, 0.717) is 41.6 Å². The SMILES string of the molecule is CC1CN(c2cc(Cl)nnc2N)CCN1C(C)C(=O)O.CNC(=O)C(C)N1CCN(c2cc(Cl)nnc2N)CC1C.Cl.Cl. The molecule has 0 spiro atoms. The highest BCUT2D eigenvalue weighted by molar-refractivity contribution is 6.30. The normalized spacial score (nSPS) is 20.4. The van der Waals surface area contributed by atoms with Gasteiger partial charge < -0.3 is 31.7 Å². The number of carbonyl (C=O) groups is 2. The summed E-state index contributed by atoms with van der Waals surface area (Å²) in [6.07, 6.45) is 0. The van der Waals surface area contributed by atoms with Crippen LogP contribution in [0.25, 0.3) is 0 Å². The van der Waals surface area contributed by atoms with Gasteiger partial charge in [0.25, 0.3) is 0 Å². The molecule has 4 heterocycles. The maximum absolute atomic E-state index is 11.8. The van der Waals surface area contributed by atoms with Gasteiger partial charge in [-0.1, -0.05) is 23.2 Å². The number of nitrogens with two attached hydrogens (primary N) is 2. The zero-order chi connectivity index (χ0) is 30.4. The maximum atomic E-state index is 11.8. The number of anilines is 4. The van der Waals surface area contributed by atoms with Gasteiger partial charge in [0, 0.05) is 70.5 Å². The van der Waals surface area contributed by atoms with Crippen molar-refractivity contribution in [2.24, 2.45) is 0 Å². The summed E-state index contributed by atoms with van der Waals surface area (Å²) in [6, 6.07) is 3.09. The third kappa shape index (κ3) is 9.68. The van der Waals surface area contributed by atoms with Gasteiger partial charge in [-0.15, -0.1) is 45.2 Å². The van der Waals surface area contributed by atoms with Gasteiger partial charge in [0.1, 0.15) is 6.04 Å². The van der Waals surface area contributed by atoms with E-state index in [4.69, 9.17) is 39.8 Å². The minimum Gasteiger partial charge on any atom is -0.480 e. The number of nitrogens with one attached hydrogen (secondary N) is 1. The van der Waals surface area contributed by atoms with Gasteiger partial charge >= 0.3 is 5.97 Å². The Morgan fingerprint density at radius 3 is 1.58 bits per heavy atom. The molecule has 4 rings (SSSR count). The molecule has 0 radical (unpaired) electrons. The average molecular weight is 685 g/mol. The molecule has 1 amide bonds. The van der Waals surface area contributed by atoms with E-state index in [1.165, 1.54) is 0 Å². The number of rotatable bonds is 6. The van der Waals surface area contributed by atoms with Crippen LogP contribution in [0.5, 0.6) is 0 Å². The van der Waals surface area contributed by atoms with E-state index in [1.54, 1.807) is 26.1 Å². The van der Waals surface area contributed by atoms with E-state index < -0.39 is 12.0 Å². The molecule has 2 aliphatic heterocycles. The van der Waals surface area contributed by atoms with Crippen molar-refractivity contribution >= 4 is 82.9 Å². The molecule has 242 valence electrons. The Labute approximate surface area is 274 Å². The van der Waals surface area contributed by atoms with Crippen molar-refractivity contribution in [2.45, 2.75) is 51.9 Å². The van der Waals surface area contributed by atoms with Crippen LogP contribution < -0.4 is 26.6 Å². The zero-order valence-corrected chi connectivity index (χ0v) is 27.9. The van der Waals surface area contributed by atoms with E-state index >= 15 is 0 Å². The monoisotopic (exact) mass is 683 g/mol. The molecule has 18 heteroatoms. The number of amides is 1. The number of hydrogen-bond acceptors (Lipinski definition) is 12. The minimum absolute atomic E-state index is 0. The lowest BCUT2D eigenvalue weighted by atomic mass is 10.1. The summed E-state index contributed by atoms with van der Waals surface area (Å²) in [5.74, 6) is -0.0670. The molecule has 2 aliphatic rings. The molecule has 0 bridgehead atoms. The van der Waals surface area contributed by atoms with Gasteiger partial charge in [-0.2, -0.15) is 0 Å². The third-order valence-electron chi connectivity index (χ3n) is 7.56. The largest absolute Gasteiger partial charge is 0.480 e. The topological polar surface area (TPSA) is 183 Å². The summed E-state index contributed by atoms with van der Waals surface area (Å²) >= 11 is 11.7. The molecular formula is C25H41Cl4N11O3. The Hall–Kier alpha value is -2.62. The number of hydrogen-bond donors (Lipinski definition) is 4. The summed E-state index contributed by atoms with van der Waals surface area (Å²) in [4.78, 5) is 31.2. The van der Waals surface area contributed by atoms with Gasteiger partial charge in [0.15, 0.2) is 21.9 Å². The molecule has 2 aromatic rings. The Kier molecular flexibility index (Phi) is 15.2. The number of likely N-dealkylation sites (N-methyl/N-ethyl adjacent to an activating group) is 1. The van der Waals surface area contributed by atoms with E-state index in [1.807, 2.05) is 18.7 Å². The van der Waals surface area contributed by atoms with Crippen molar-refractivity contribution in [2.75, 3.05) is 67.6 Å². The summed E-state index contributed by atoms with van der Waals surface area (Å²) in [5.41, 5.74) is 13.3. The zero-order valence-electron chi connectivity index (χ0n) is 24.8. The maximum Gasteiger partial charge on any atom is 0.320 e. The Balaban J connectivity index is 0.000000411. The van der Waals surface area contributed by atoms with E-state index in [9.17, 15) is 9.59 Å². The standard InChI is InChI=1S/C13H21ClN6O.C12H18ClN5O2.2ClH/c1-8-7-19(10-6-11(14)17-18-12(10)15)4-5-20(8)9(2)13(21)16-3;1-7-6-17(3-4-18(7)8(2)12(19)20)9-5-10(13)15-16-11(9)14;;/h6,8-9H,4-5,7H2,1-3H3,(H2,15,18)(H,16,21);5,7-8H,3-4,6H2,1-2H3,(H2,14,16)(H,19,20);2*1H. The van der Waals surface area contributed by atoms with Crippen LogP contribution in [0.15, 0.2) is 12.1 Å². The fourth-order valence-electron chi connectivity index (χ4n) is 5.28. The smallest absolute Gasteiger partial charge is 0.320 e. The highest BCUT2D eigenvalue weighted by atomic mass is 35.5. The number of aromatic nitrogens is 4. The highest BCUT2D eigenvalue weighted by Crippen LogP contribution is 2.27. The van der Waals surface area contributed by atoms with Crippen LogP contribution in [0.4, 0.5) is 23.0 Å². The lowest BCUT2D eigenvalue weighted by Crippen LogP contribution is -2.58. The Morgan fingerprint density at radius 2 is 1.23 bits per heavy atom. The van der Waals surface area contributed by atoms with E-state index in [2.05, 4.69) is 47.3 Å². The van der Waals surface area contributed by atoms with Gasteiger partial charge in [0.05, 0.1) is 17.4 Å². The van der Waals surface area contributed by atoms with Crippen molar-refractivity contribution < 1.29 is 14.7 Å². The van der Waals surface area contributed by atoms with Crippen molar-refractivity contribution in [3.05, 3.63) is 22.4 Å². The summed E-state index contributed by atoms with van der Waals surface area (Å²) < 4.78 is 0. The van der Waals surface area contributed by atoms with Gasteiger partial charge in [-0.25, -0.2) is 0 Å². The number of nitrogens with zero attached hydrogens (tertiary/aromatic N) is 8. The lowest BCUT2D eigenvalue weighted by Gasteiger charge is -2.43. The van der Waals surface area contributed by atoms with Crippen LogP contribution in [0.2, 0.25) is 10.3 Å². The highest BCUT2D eigenvalue weighted by Gasteiger charge is 2.32. The molecule has 43 heavy (non-hydrogen) atoms. The summed E-state index contributed by atoms with van der Waals surface area (Å²) in [7, 11) is 1.66. The first-order chi connectivity index (χ1) is 19.3. The van der Waals surface area contributed by atoms with E-state index in [0.717, 1.165) is 31.0 Å². The number of carboxylic acid groups (broad SMARTS) is 1. The van der Waals surface area contributed by atoms with E-state index in [-0.39, 0.29) is 48.8 Å². The van der Waals surface area contributed by atoms with Crippen LogP contribution in [-0.2, 0) is 9.59 Å². The molecule has 2 fully saturated rings. The van der Waals surface area contributed by atoms with Crippen molar-refractivity contribution in [3.8, 4) is 0 Å². The van der Waals surface area contributed by atoms with Crippen molar-refractivity contribution in [1.82, 2.24) is 35.5 Å². The van der Waals surface area contributed by atoms with Gasteiger partial charge in [0.2, 0.25) is 5.91 Å². The second kappa shape index (κ2) is 17.0. The molecule has 14 nitrogen and oxygen atoms in total.